The number of aryl methyl sites for hydroxylation is 1. The van der Waals surface area contributed by atoms with Gasteiger partial charge in [-0.15, -0.1) is 21.5 Å². The minimum Gasteiger partial charge on any atom is -0.493 e. The molecule has 0 aliphatic rings. The number of rotatable bonds is 9. The van der Waals surface area contributed by atoms with Gasteiger partial charge in [0, 0.05) is 23.6 Å². The van der Waals surface area contributed by atoms with E-state index in [1.165, 1.54) is 28.7 Å². The predicted octanol–water partition coefficient (Wildman–Crippen LogP) is 5.68. The van der Waals surface area contributed by atoms with Gasteiger partial charge >= 0.3 is 0 Å². The van der Waals surface area contributed by atoms with E-state index < -0.39 is 0 Å². The van der Waals surface area contributed by atoms with Crippen LogP contribution >= 0.6 is 23.1 Å². The van der Waals surface area contributed by atoms with Gasteiger partial charge in [0.2, 0.25) is 5.91 Å². The van der Waals surface area contributed by atoms with Crippen molar-refractivity contribution in [2.24, 2.45) is 13.0 Å². The Balaban J connectivity index is 1.33. The van der Waals surface area contributed by atoms with Crippen molar-refractivity contribution in [2.75, 3.05) is 17.7 Å². The maximum Gasteiger partial charge on any atom is 0.236 e. The smallest absolute Gasteiger partial charge is 0.236 e. The van der Waals surface area contributed by atoms with E-state index in [9.17, 15) is 4.79 Å². The fourth-order valence-electron chi connectivity index (χ4n) is 3.13. The number of nitrogens with one attached hydrogen (secondary N) is 1. The molecule has 0 fully saturated rings. The lowest BCUT2D eigenvalue weighted by Gasteiger charge is -2.09. The number of nitrogens with zero attached hydrogens (tertiary/aromatic N) is 4. The van der Waals surface area contributed by atoms with Crippen LogP contribution in [0.2, 0.25) is 0 Å². The highest BCUT2D eigenvalue weighted by Gasteiger charge is 2.14. The summed E-state index contributed by atoms with van der Waals surface area (Å²) in [5.74, 6) is 2.12. The Morgan fingerprint density at radius 2 is 1.79 bits per heavy atom. The number of carbonyl (C=O) groups excluding carboxylic acids is 1. The fourth-order valence-corrected chi connectivity index (χ4v) is 4.58. The summed E-state index contributed by atoms with van der Waals surface area (Å²) in [5.41, 5.74) is 4.02. The first-order valence-electron chi connectivity index (χ1n) is 11.0. The average molecular weight is 494 g/mol. The third-order valence-corrected chi connectivity index (χ3v) is 6.74. The van der Waals surface area contributed by atoms with Crippen LogP contribution in [0.1, 0.15) is 19.4 Å². The van der Waals surface area contributed by atoms with Gasteiger partial charge in [-0.05, 0) is 37.1 Å². The molecular weight excluding hydrogens is 466 g/mol. The highest BCUT2D eigenvalue weighted by molar-refractivity contribution is 7.99. The topological polar surface area (TPSA) is 81.9 Å². The largest absolute Gasteiger partial charge is 0.493 e. The lowest BCUT2D eigenvalue weighted by Crippen LogP contribution is -2.14. The molecule has 2 aromatic heterocycles. The average Bonchev–Trinajstić information content (AvgIpc) is 3.43. The number of thioether (sulfide) groups is 1. The van der Waals surface area contributed by atoms with Crippen LogP contribution in [0.5, 0.6) is 5.75 Å². The van der Waals surface area contributed by atoms with Gasteiger partial charge in [-0.25, -0.2) is 4.98 Å². The number of aromatic nitrogens is 4. The molecule has 2 heterocycles. The van der Waals surface area contributed by atoms with Crippen molar-refractivity contribution in [3.05, 3.63) is 59.5 Å². The Kier molecular flexibility index (Phi) is 7.64. The molecule has 0 bridgehead atoms. The first kappa shape index (κ1) is 24.0. The molecule has 4 aromatic rings. The van der Waals surface area contributed by atoms with Crippen LogP contribution < -0.4 is 10.1 Å². The molecule has 34 heavy (non-hydrogen) atoms. The Hall–Kier alpha value is -3.17. The summed E-state index contributed by atoms with van der Waals surface area (Å²) in [6, 6.07) is 16.0. The van der Waals surface area contributed by atoms with Gasteiger partial charge in [0.1, 0.15) is 5.75 Å². The molecular formula is C25H27N5O2S2. The number of hydrogen-bond acceptors (Lipinski definition) is 7. The summed E-state index contributed by atoms with van der Waals surface area (Å²) in [5, 5.41) is 14.6. The molecule has 9 heteroatoms. The SMILES string of the molecule is Cc1ccc(-c2csc(NC(=O)CSc3nnc(-c4ccc(OCC(C)C)cc4)n3C)n2)cc1. The zero-order chi connectivity index (χ0) is 24.1. The zero-order valence-corrected chi connectivity index (χ0v) is 21.2. The van der Waals surface area contributed by atoms with Crippen molar-refractivity contribution < 1.29 is 9.53 Å². The van der Waals surface area contributed by atoms with Gasteiger partial charge in [0.05, 0.1) is 18.1 Å². The Morgan fingerprint density at radius 1 is 1.09 bits per heavy atom. The van der Waals surface area contributed by atoms with E-state index in [1.54, 1.807) is 0 Å². The molecule has 2 aromatic carbocycles. The predicted molar refractivity (Wildman–Crippen MR) is 138 cm³/mol. The molecule has 0 saturated heterocycles. The maximum absolute atomic E-state index is 12.5. The first-order chi connectivity index (χ1) is 16.4. The summed E-state index contributed by atoms with van der Waals surface area (Å²) >= 11 is 2.75. The summed E-state index contributed by atoms with van der Waals surface area (Å²) < 4.78 is 7.63. The van der Waals surface area contributed by atoms with Gasteiger partial charge in [-0.3, -0.25) is 4.79 Å². The van der Waals surface area contributed by atoms with Crippen molar-refractivity contribution in [3.63, 3.8) is 0 Å². The summed E-state index contributed by atoms with van der Waals surface area (Å²) in [7, 11) is 1.90. The number of ether oxygens (including phenoxy) is 1. The van der Waals surface area contributed by atoms with E-state index >= 15 is 0 Å². The quantitative estimate of drug-likeness (QED) is 0.302. The molecule has 0 saturated carbocycles. The van der Waals surface area contributed by atoms with Gasteiger partial charge in [0.25, 0.3) is 0 Å². The van der Waals surface area contributed by atoms with Gasteiger partial charge in [0.15, 0.2) is 16.1 Å². The molecule has 0 radical (unpaired) electrons. The van der Waals surface area contributed by atoms with E-state index in [-0.39, 0.29) is 11.7 Å². The molecule has 0 aliphatic carbocycles. The van der Waals surface area contributed by atoms with Crippen LogP contribution in [-0.2, 0) is 11.8 Å². The molecule has 0 atom stereocenters. The Labute approximate surface area is 207 Å². The minimum absolute atomic E-state index is 0.133. The van der Waals surface area contributed by atoms with Crippen molar-refractivity contribution in [1.82, 2.24) is 19.7 Å². The molecule has 4 rings (SSSR count). The van der Waals surface area contributed by atoms with Crippen LogP contribution in [0.25, 0.3) is 22.6 Å². The normalized spacial score (nSPS) is 11.1. The molecule has 176 valence electrons. The molecule has 1 amide bonds. The van der Waals surface area contributed by atoms with Crippen molar-refractivity contribution in [3.8, 4) is 28.4 Å². The highest BCUT2D eigenvalue weighted by Crippen LogP contribution is 2.27. The Bertz CT molecular complexity index is 1250. The third-order valence-electron chi connectivity index (χ3n) is 4.96. The molecule has 0 unspecified atom stereocenters. The summed E-state index contributed by atoms with van der Waals surface area (Å²) in [6.07, 6.45) is 0. The molecule has 7 nitrogen and oxygen atoms in total. The van der Waals surface area contributed by atoms with E-state index in [0.717, 1.165) is 28.4 Å². The van der Waals surface area contributed by atoms with Crippen LogP contribution in [-0.4, -0.2) is 38.0 Å². The number of thiazole rings is 1. The maximum atomic E-state index is 12.5. The number of anilines is 1. The van der Waals surface area contributed by atoms with E-state index in [1.807, 2.05) is 72.4 Å². The number of benzene rings is 2. The van der Waals surface area contributed by atoms with E-state index in [0.29, 0.717) is 22.8 Å². The standard InChI is InChI=1S/C25H27N5O2S2/c1-16(2)13-32-20-11-9-19(10-12-20)23-28-29-25(30(23)4)34-15-22(31)27-24-26-21(14-33-24)18-7-5-17(3)6-8-18/h5-12,14,16H,13,15H2,1-4H3,(H,26,27,31). The van der Waals surface area contributed by atoms with Crippen LogP contribution in [0, 0.1) is 12.8 Å². The van der Waals surface area contributed by atoms with E-state index in [4.69, 9.17) is 4.74 Å². The van der Waals surface area contributed by atoms with Gasteiger partial charge < -0.3 is 14.6 Å². The lowest BCUT2D eigenvalue weighted by molar-refractivity contribution is -0.113. The monoisotopic (exact) mass is 493 g/mol. The minimum atomic E-state index is -0.133. The summed E-state index contributed by atoms with van der Waals surface area (Å²) in [4.78, 5) is 17.0. The van der Waals surface area contributed by atoms with Crippen molar-refractivity contribution >= 4 is 34.1 Å². The van der Waals surface area contributed by atoms with Crippen LogP contribution in [0.4, 0.5) is 5.13 Å². The lowest BCUT2D eigenvalue weighted by atomic mass is 10.1. The number of amides is 1. The van der Waals surface area contributed by atoms with Gasteiger partial charge in [-0.1, -0.05) is 55.4 Å². The molecule has 1 N–H and O–H groups in total. The van der Waals surface area contributed by atoms with E-state index in [2.05, 4.69) is 34.3 Å². The first-order valence-corrected chi connectivity index (χ1v) is 12.8. The van der Waals surface area contributed by atoms with Crippen LogP contribution in [0.15, 0.2) is 59.1 Å². The second-order valence-electron chi connectivity index (χ2n) is 8.34. The van der Waals surface area contributed by atoms with Crippen LogP contribution in [0.3, 0.4) is 0 Å². The molecule has 0 aliphatic heterocycles. The third kappa shape index (κ3) is 6.03. The highest BCUT2D eigenvalue weighted by atomic mass is 32.2. The molecule has 0 spiro atoms. The van der Waals surface area contributed by atoms with Crippen molar-refractivity contribution in [2.45, 2.75) is 25.9 Å². The van der Waals surface area contributed by atoms with Gasteiger partial charge in [-0.2, -0.15) is 0 Å². The summed E-state index contributed by atoms with van der Waals surface area (Å²) in [6.45, 7) is 6.97. The van der Waals surface area contributed by atoms with Crippen molar-refractivity contribution in [1.29, 1.82) is 0 Å². The fraction of sp³-hybridized carbons (Fsp3) is 0.280. The number of carbonyl (C=O) groups is 1. The number of hydrogen-bond donors (Lipinski definition) is 1. The zero-order valence-electron chi connectivity index (χ0n) is 19.6. The Morgan fingerprint density at radius 3 is 2.50 bits per heavy atom. The second-order valence-corrected chi connectivity index (χ2v) is 10.1. The second kappa shape index (κ2) is 10.8.